The molecule has 162 valence electrons. The highest BCUT2D eigenvalue weighted by Crippen LogP contribution is 2.26. The van der Waals surface area contributed by atoms with Gasteiger partial charge in [-0.3, -0.25) is 9.78 Å². The predicted octanol–water partition coefficient (Wildman–Crippen LogP) is 3.43. The van der Waals surface area contributed by atoms with Gasteiger partial charge in [0.1, 0.15) is 0 Å². The predicted molar refractivity (Wildman–Crippen MR) is 120 cm³/mol. The van der Waals surface area contributed by atoms with Crippen molar-refractivity contribution in [3.8, 4) is 11.3 Å². The maximum absolute atomic E-state index is 13.1. The van der Waals surface area contributed by atoms with Gasteiger partial charge in [0.2, 0.25) is 0 Å². The van der Waals surface area contributed by atoms with Crippen molar-refractivity contribution in [2.45, 2.75) is 38.5 Å². The number of hydrogen-bond donors (Lipinski definition) is 1. The molecule has 4 aromatic heterocycles. The molecule has 0 spiro atoms. The van der Waals surface area contributed by atoms with E-state index >= 15 is 0 Å². The zero-order chi connectivity index (χ0) is 22.1. The smallest absolute Gasteiger partial charge is 0.339 e. The van der Waals surface area contributed by atoms with Crippen LogP contribution < -0.4 is 5.32 Å². The van der Waals surface area contributed by atoms with Crippen molar-refractivity contribution in [3.63, 3.8) is 0 Å². The minimum absolute atomic E-state index is 0.198. The topological polar surface area (TPSA) is 99.0 Å². The van der Waals surface area contributed by atoms with Gasteiger partial charge in [-0.25, -0.2) is 14.5 Å². The lowest BCUT2D eigenvalue weighted by Gasteiger charge is -2.14. The Balaban J connectivity index is 1.52. The molecule has 4 heterocycles. The molecule has 0 radical (unpaired) electrons. The summed E-state index contributed by atoms with van der Waals surface area (Å²) in [6.07, 6.45) is 6.03. The van der Waals surface area contributed by atoms with E-state index in [1.165, 1.54) is 0 Å². The third-order valence-corrected chi connectivity index (χ3v) is 6.11. The zero-order valence-electron chi connectivity index (χ0n) is 17.4. The second-order valence-corrected chi connectivity index (χ2v) is 8.78. The quantitative estimate of drug-likeness (QED) is 0.436. The van der Waals surface area contributed by atoms with Crippen molar-refractivity contribution < 1.29 is 14.3 Å². The normalized spacial score (nSPS) is 14.3. The largest absolute Gasteiger partial charge is 0.449 e. The minimum atomic E-state index is -0.894. The molecule has 0 bridgehead atoms. The summed E-state index contributed by atoms with van der Waals surface area (Å²) in [5, 5.41) is 9.91. The van der Waals surface area contributed by atoms with Gasteiger partial charge in [-0.05, 0) is 49.4 Å². The summed E-state index contributed by atoms with van der Waals surface area (Å²) in [5.41, 5.74) is 2.24. The molecule has 0 unspecified atom stereocenters. The Morgan fingerprint density at radius 1 is 1.28 bits per heavy atom. The SMILES string of the molecule is C[C@@H](OC(=O)c1cc(-c2cccnc2)nc2c1cnn2Cc1cccs1)C(=O)NC1CC1. The summed E-state index contributed by atoms with van der Waals surface area (Å²) in [6, 6.07) is 9.57. The summed E-state index contributed by atoms with van der Waals surface area (Å²) in [4.78, 5) is 35.4. The third kappa shape index (κ3) is 4.24. The number of amides is 1. The molecule has 1 aliphatic carbocycles. The molecule has 5 rings (SSSR count). The summed E-state index contributed by atoms with van der Waals surface area (Å²) < 4.78 is 7.28. The first-order chi connectivity index (χ1) is 15.6. The molecule has 0 aromatic carbocycles. The van der Waals surface area contributed by atoms with E-state index in [0.717, 1.165) is 23.3 Å². The lowest BCUT2D eigenvalue weighted by molar-refractivity contribution is -0.129. The minimum Gasteiger partial charge on any atom is -0.449 e. The molecule has 1 fully saturated rings. The number of esters is 1. The van der Waals surface area contributed by atoms with Gasteiger partial charge in [0.15, 0.2) is 11.8 Å². The van der Waals surface area contributed by atoms with E-state index in [0.29, 0.717) is 28.8 Å². The van der Waals surface area contributed by atoms with Crippen molar-refractivity contribution in [1.29, 1.82) is 0 Å². The maximum atomic E-state index is 13.1. The van der Waals surface area contributed by atoms with E-state index in [4.69, 9.17) is 9.72 Å². The standard InChI is InChI=1S/C23H21N5O3S/c1-14(22(29)26-16-6-7-16)31-23(30)18-10-20(15-4-2-8-24-11-15)27-21-19(18)12-25-28(21)13-17-5-3-9-32-17/h2-5,8-12,14,16H,6-7,13H2,1H3,(H,26,29)/t14-/m1/s1. The van der Waals surface area contributed by atoms with Crippen molar-refractivity contribution in [2.75, 3.05) is 0 Å². The summed E-state index contributed by atoms with van der Waals surface area (Å²) in [5.74, 6) is -0.872. The van der Waals surface area contributed by atoms with Crippen molar-refractivity contribution in [2.24, 2.45) is 0 Å². The van der Waals surface area contributed by atoms with E-state index in [-0.39, 0.29) is 11.9 Å². The van der Waals surface area contributed by atoms with Gasteiger partial charge in [0, 0.05) is 28.9 Å². The van der Waals surface area contributed by atoms with E-state index in [2.05, 4.69) is 15.4 Å². The van der Waals surface area contributed by atoms with Crippen molar-refractivity contribution >= 4 is 34.2 Å². The van der Waals surface area contributed by atoms with Crippen LogP contribution in [0.15, 0.2) is 54.3 Å². The second kappa shape index (κ2) is 8.51. The van der Waals surface area contributed by atoms with Crippen LogP contribution in [0.5, 0.6) is 0 Å². The van der Waals surface area contributed by atoms with Gasteiger partial charge in [0.05, 0.1) is 29.4 Å². The van der Waals surface area contributed by atoms with Crippen LogP contribution in [0.1, 0.15) is 35.0 Å². The maximum Gasteiger partial charge on any atom is 0.339 e. The number of ether oxygens (including phenoxy) is 1. The molecule has 9 heteroatoms. The van der Waals surface area contributed by atoms with Gasteiger partial charge in [-0.2, -0.15) is 5.10 Å². The van der Waals surface area contributed by atoms with E-state index < -0.39 is 12.1 Å². The number of thiophene rings is 1. The molecule has 4 aromatic rings. The Morgan fingerprint density at radius 3 is 2.88 bits per heavy atom. The lowest BCUT2D eigenvalue weighted by Crippen LogP contribution is -2.37. The number of nitrogens with zero attached hydrogens (tertiary/aromatic N) is 4. The zero-order valence-corrected chi connectivity index (χ0v) is 18.2. The molecule has 1 atom stereocenters. The molecule has 0 saturated heterocycles. The first-order valence-corrected chi connectivity index (χ1v) is 11.3. The first kappa shape index (κ1) is 20.3. The fourth-order valence-electron chi connectivity index (χ4n) is 3.37. The summed E-state index contributed by atoms with van der Waals surface area (Å²) in [6.45, 7) is 2.12. The van der Waals surface area contributed by atoms with Crippen LogP contribution >= 0.6 is 11.3 Å². The van der Waals surface area contributed by atoms with Crippen LogP contribution in [-0.2, 0) is 16.1 Å². The van der Waals surface area contributed by atoms with Gasteiger partial charge in [0.25, 0.3) is 5.91 Å². The summed E-state index contributed by atoms with van der Waals surface area (Å²) in [7, 11) is 0. The lowest BCUT2D eigenvalue weighted by atomic mass is 10.1. The van der Waals surface area contributed by atoms with Crippen LogP contribution in [0.2, 0.25) is 0 Å². The molecular weight excluding hydrogens is 426 g/mol. The van der Waals surface area contributed by atoms with E-state index in [1.54, 1.807) is 47.6 Å². The number of aromatic nitrogens is 4. The molecule has 32 heavy (non-hydrogen) atoms. The van der Waals surface area contributed by atoms with Crippen LogP contribution in [0.25, 0.3) is 22.3 Å². The fraction of sp³-hybridized carbons (Fsp3) is 0.261. The van der Waals surface area contributed by atoms with E-state index in [9.17, 15) is 9.59 Å². The van der Waals surface area contributed by atoms with Crippen LogP contribution in [0.4, 0.5) is 0 Å². The van der Waals surface area contributed by atoms with Crippen molar-refractivity contribution in [1.82, 2.24) is 25.1 Å². The van der Waals surface area contributed by atoms with Gasteiger partial charge in [-0.15, -0.1) is 11.3 Å². The molecule has 1 saturated carbocycles. The molecule has 8 nitrogen and oxygen atoms in total. The Hall–Kier alpha value is -3.59. The average Bonchev–Trinajstić information content (AvgIpc) is 3.30. The van der Waals surface area contributed by atoms with Crippen LogP contribution in [-0.4, -0.2) is 43.8 Å². The highest BCUT2D eigenvalue weighted by atomic mass is 32.1. The molecule has 1 aliphatic rings. The Morgan fingerprint density at radius 2 is 2.16 bits per heavy atom. The second-order valence-electron chi connectivity index (χ2n) is 7.75. The Labute approximate surface area is 188 Å². The number of pyridine rings is 2. The van der Waals surface area contributed by atoms with Crippen LogP contribution in [0, 0.1) is 0 Å². The fourth-order valence-corrected chi connectivity index (χ4v) is 4.05. The molecule has 1 amide bonds. The number of nitrogens with one attached hydrogen (secondary N) is 1. The van der Waals surface area contributed by atoms with Gasteiger partial charge < -0.3 is 10.1 Å². The number of hydrogen-bond acceptors (Lipinski definition) is 7. The number of carbonyl (C=O) groups excluding carboxylic acids is 2. The van der Waals surface area contributed by atoms with Gasteiger partial charge in [-0.1, -0.05) is 6.07 Å². The average molecular weight is 448 g/mol. The number of carbonyl (C=O) groups is 2. The highest BCUT2D eigenvalue weighted by molar-refractivity contribution is 7.09. The van der Waals surface area contributed by atoms with E-state index in [1.807, 2.05) is 29.6 Å². The summed E-state index contributed by atoms with van der Waals surface area (Å²) >= 11 is 1.63. The number of fused-ring (bicyclic) bond motifs is 1. The highest BCUT2D eigenvalue weighted by Gasteiger charge is 2.28. The molecule has 1 N–H and O–H groups in total. The Kier molecular flexibility index (Phi) is 5.40. The first-order valence-electron chi connectivity index (χ1n) is 10.4. The Bertz CT molecular complexity index is 1270. The molecule has 0 aliphatic heterocycles. The number of rotatable bonds is 7. The third-order valence-electron chi connectivity index (χ3n) is 5.25. The van der Waals surface area contributed by atoms with Crippen molar-refractivity contribution in [3.05, 3.63) is 64.7 Å². The molecular formula is C23H21N5O3S. The monoisotopic (exact) mass is 447 g/mol. The van der Waals surface area contributed by atoms with Gasteiger partial charge >= 0.3 is 5.97 Å². The van der Waals surface area contributed by atoms with Crippen LogP contribution in [0.3, 0.4) is 0 Å².